The number of hydrogen-bond acceptors (Lipinski definition) is 5. The van der Waals surface area contributed by atoms with E-state index in [9.17, 15) is 4.79 Å². The number of nitrogens with two attached hydrogens (primary N) is 1. The van der Waals surface area contributed by atoms with Crippen molar-refractivity contribution < 1.29 is 9.53 Å². The molecule has 0 saturated heterocycles. The number of methoxy groups -OCH3 is 1. The fraction of sp³-hybridized carbons (Fsp3) is 0.222. The zero-order valence-corrected chi connectivity index (χ0v) is 15.9. The van der Waals surface area contributed by atoms with E-state index in [1.165, 1.54) is 18.4 Å². The monoisotopic (exact) mass is 375 g/mol. The van der Waals surface area contributed by atoms with Gasteiger partial charge in [0.05, 0.1) is 17.8 Å². The normalized spacial score (nSPS) is 10.9. The predicted molar refractivity (Wildman–Crippen MR) is 104 cm³/mol. The third-order valence-electron chi connectivity index (χ3n) is 4.29. The van der Waals surface area contributed by atoms with Crippen LogP contribution in [0.5, 0.6) is 5.75 Å². The Morgan fingerprint density at radius 1 is 1.28 bits per heavy atom. The minimum atomic E-state index is -0.281. The minimum Gasteiger partial charge on any atom is -0.495 e. The maximum atomic E-state index is 12.7. The maximum absolute atomic E-state index is 12.7. The highest BCUT2D eigenvalue weighted by atomic mass is 35.5. The third-order valence-corrected chi connectivity index (χ3v) is 5.69. The van der Waals surface area contributed by atoms with Crippen molar-refractivity contribution in [3.05, 3.63) is 44.9 Å². The SMILES string of the molecule is COc1ccc(NC(=O)c2sc3nc(C)c(C)c(C)c3c2N)cc1Cl. The number of aryl methyl sites for hydroxylation is 2. The van der Waals surface area contributed by atoms with Crippen molar-refractivity contribution in [3.8, 4) is 5.75 Å². The number of nitrogens with zero attached hydrogens (tertiary/aromatic N) is 1. The molecule has 2 heterocycles. The number of carbonyl (C=O) groups excluding carboxylic acids is 1. The zero-order chi connectivity index (χ0) is 18.3. The zero-order valence-electron chi connectivity index (χ0n) is 14.4. The van der Waals surface area contributed by atoms with Gasteiger partial charge in [-0.15, -0.1) is 11.3 Å². The van der Waals surface area contributed by atoms with Crippen LogP contribution in [0.4, 0.5) is 11.4 Å². The third kappa shape index (κ3) is 3.03. The first-order chi connectivity index (χ1) is 11.8. The Morgan fingerprint density at radius 2 is 2.00 bits per heavy atom. The van der Waals surface area contributed by atoms with Gasteiger partial charge >= 0.3 is 0 Å². The lowest BCUT2D eigenvalue weighted by Crippen LogP contribution is -2.12. The van der Waals surface area contributed by atoms with Crippen LogP contribution in [0.1, 0.15) is 26.5 Å². The largest absolute Gasteiger partial charge is 0.495 e. The van der Waals surface area contributed by atoms with Gasteiger partial charge in [0.25, 0.3) is 5.91 Å². The summed E-state index contributed by atoms with van der Waals surface area (Å²) < 4.78 is 5.11. The summed E-state index contributed by atoms with van der Waals surface area (Å²) in [5.74, 6) is 0.267. The Hall–Kier alpha value is -2.31. The number of rotatable bonds is 3. The summed E-state index contributed by atoms with van der Waals surface area (Å²) in [6, 6.07) is 5.06. The molecule has 2 aromatic heterocycles. The van der Waals surface area contributed by atoms with Crippen molar-refractivity contribution >= 4 is 50.4 Å². The van der Waals surface area contributed by atoms with E-state index in [1.807, 2.05) is 20.8 Å². The van der Waals surface area contributed by atoms with Crippen LogP contribution in [0.15, 0.2) is 18.2 Å². The number of anilines is 2. The quantitative estimate of drug-likeness (QED) is 0.694. The lowest BCUT2D eigenvalue weighted by Gasteiger charge is -2.08. The first kappa shape index (κ1) is 17.5. The van der Waals surface area contributed by atoms with Crippen molar-refractivity contribution in [2.75, 3.05) is 18.2 Å². The number of thiophene rings is 1. The molecule has 0 aliphatic carbocycles. The van der Waals surface area contributed by atoms with E-state index >= 15 is 0 Å². The number of hydrogen-bond donors (Lipinski definition) is 2. The van der Waals surface area contributed by atoms with Crippen LogP contribution < -0.4 is 15.8 Å². The van der Waals surface area contributed by atoms with Gasteiger partial charge in [0.15, 0.2) is 0 Å². The molecule has 5 nitrogen and oxygen atoms in total. The molecule has 25 heavy (non-hydrogen) atoms. The summed E-state index contributed by atoms with van der Waals surface area (Å²) in [6.07, 6.45) is 0. The van der Waals surface area contributed by atoms with E-state index in [2.05, 4.69) is 10.3 Å². The average Bonchev–Trinajstić information content (AvgIpc) is 2.89. The number of amides is 1. The van der Waals surface area contributed by atoms with Gasteiger partial charge in [-0.05, 0) is 50.1 Å². The van der Waals surface area contributed by atoms with Crippen LogP contribution >= 0.6 is 22.9 Å². The number of nitrogen functional groups attached to an aromatic ring is 1. The van der Waals surface area contributed by atoms with E-state index < -0.39 is 0 Å². The maximum Gasteiger partial charge on any atom is 0.267 e. The second-order valence-electron chi connectivity index (χ2n) is 5.78. The summed E-state index contributed by atoms with van der Waals surface area (Å²) in [5.41, 5.74) is 10.4. The van der Waals surface area contributed by atoms with E-state index in [1.54, 1.807) is 18.2 Å². The van der Waals surface area contributed by atoms with E-state index in [-0.39, 0.29) is 5.91 Å². The van der Waals surface area contributed by atoms with E-state index in [0.29, 0.717) is 27.0 Å². The fourth-order valence-electron chi connectivity index (χ4n) is 2.67. The van der Waals surface area contributed by atoms with Gasteiger partial charge in [-0.2, -0.15) is 0 Å². The van der Waals surface area contributed by atoms with Crippen molar-refractivity contribution in [1.82, 2.24) is 4.98 Å². The van der Waals surface area contributed by atoms with Crippen molar-refractivity contribution in [2.45, 2.75) is 20.8 Å². The molecule has 0 radical (unpaired) electrons. The lowest BCUT2D eigenvalue weighted by atomic mass is 10.1. The van der Waals surface area contributed by atoms with Crippen molar-refractivity contribution in [1.29, 1.82) is 0 Å². The summed E-state index contributed by atoms with van der Waals surface area (Å²) in [7, 11) is 1.54. The number of ether oxygens (including phenoxy) is 1. The van der Waals surface area contributed by atoms with Gasteiger partial charge in [0.1, 0.15) is 15.5 Å². The number of carbonyl (C=O) groups is 1. The second kappa shape index (κ2) is 6.54. The van der Waals surface area contributed by atoms with E-state index in [4.69, 9.17) is 22.1 Å². The number of aromatic nitrogens is 1. The number of benzene rings is 1. The molecule has 3 N–H and O–H groups in total. The number of nitrogens with one attached hydrogen (secondary N) is 1. The first-order valence-electron chi connectivity index (χ1n) is 7.64. The van der Waals surface area contributed by atoms with Crippen LogP contribution in [0.25, 0.3) is 10.2 Å². The molecule has 0 unspecified atom stereocenters. The summed E-state index contributed by atoms with van der Waals surface area (Å²) in [5, 5.41) is 4.10. The van der Waals surface area contributed by atoms with Gasteiger partial charge in [-0.1, -0.05) is 11.6 Å². The smallest absolute Gasteiger partial charge is 0.267 e. The molecule has 3 aromatic rings. The minimum absolute atomic E-state index is 0.281. The Morgan fingerprint density at radius 3 is 2.64 bits per heavy atom. The molecule has 130 valence electrons. The van der Waals surface area contributed by atoms with Crippen molar-refractivity contribution in [2.24, 2.45) is 0 Å². The highest BCUT2D eigenvalue weighted by molar-refractivity contribution is 7.21. The molecule has 0 saturated carbocycles. The molecule has 0 bridgehead atoms. The molecular weight excluding hydrogens is 358 g/mol. The van der Waals surface area contributed by atoms with Crippen LogP contribution in [0.3, 0.4) is 0 Å². The molecule has 1 aromatic carbocycles. The van der Waals surface area contributed by atoms with Crippen LogP contribution in [0.2, 0.25) is 5.02 Å². The fourth-order valence-corrected chi connectivity index (χ4v) is 4.02. The number of fused-ring (bicyclic) bond motifs is 1. The molecule has 3 rings (SSSR count). The molecule has 0 fully saturated rings. The van der Waals surface area contributed by atoms with Crippen LogP contribution in [-0.2, 0) is 0 Å². The number of halogens is 1. The lowest BCUT2D eigenvalue weighted by molar-refractivity contribution is 0.103. The van der Waals surface area contributed by atoms with E-state index in [0.717, 1.165) is 27.0 Å². The van der Waals surface area contributed by atoms with Gasteiger partial charge in [0, 0.05) is 16.8 Å². The second-order valence-corrected chi connectivity index (χ2v) is 7.18. The molecule has 1 amide bonds. The highest BCUT2D eigenvalue weighted by Crippen LogP contribution is 2.37. The van der Waals surface area contributed by atoms with Crippen LogP contribution in [0, 0.1) is 20.8 Å². The molecule has 0 aliphatic rings. The standard InChI is InChI=1S/C18H18ClN3O2S/c1-8-9(2)14-15(20)16(25-18(14)21-10(8)3)17(23)22-11-5-6-13(24-4)12(19)7-11/h5-7H,20H2,1-4H3,(H,22,23). The summed E-state index contributed by atoms with van der Waals surface area (Å²) >= 11 is 7.40. The number of pyridine rings is 1. The highest BCUT2D eigenvalue weighted by Gasteiger charge is 2.20. The summed E-state index contributed by atoms with van der Waals surface area (Å²) in [4.78, 5) is 18.5. The molecule has 0 aliphatic heterocycles. The predicted octanol–water partition coefficient (Wildman–Crippen LogP) is 4.72. The molecule has 0 atom stereocenters. The molecule has 7 heteroatoms. The van der Waals surface area contributed by atoms with Gasteiger partial charge in [-0.3, -0.25) is 4.79 Å². The molecular formula is C18H18ClN3O2S. The molecule has 0 spiro atoms. The Labute approximate surface area is 154 Å². The Kier molecular flexibility index (Phi) is 4.58. The van der Waals surface area contributed by atoms with Gasteiger partial charge in [0.2, 0.25) is 0 Å². The average molecular weight is 376 g/mol. The van der Waals surface area contributed by atoms with Gasteiger partial charge in [-0.25, -0.2) is 4.98 Å². The van der Waals surface area contributed by atoms with Crippen molar-refractivity contribution in [3.63, 3.8) is 0 Å². The summed E-state index contributed by atoms with van der Waals surface area (Å²) in [6.45, 7) is 5.96. The Bertz CT molecular complexity index is 998. The van der Waals surface area contributed by atoms with Gasteiger partial charge < -0.3 is 15.8 Å². The van der Waals surface area contributed by atoms with Crippen LogP contribution in [-0.4, -0.2) is 18.0 Å². The Balaban J connectivity index is 1.99. The first-order valence-corrected chi connectivity index (χ1v) is 8.83. The topological polar surface area (TPSA) is 77.2 Å².